The maximum absolute atomic E-state index is 14.2. The van der Waals surface area contributed by atoms with Crippen LogP contribution in [-0.2, 0) is 17.1 Å². The van der Waals surface area contributed by atoms with Crippen LogP contribution in [0.15, 0.2) is 55.6 Å². The number of carbonyl (C=O) groups excluding carboxylic acids is 1. The van der Waals surface area contributed by atoms with Crippen LogP contribution in [0.1, 0.15) is 62.4 Å². The first kappa shape index (κ1) is 31.6. The molecular weight excluding hydrogens is 505 g/mol. The zero-order valence-electron chi connectivity index (χ0n) is 20.7. The Hall–Kier alpha value is -3.41. The van der Waals surface area contributed by atoms with Gasteiger partial charge in [-0.3, -0.25) is 14.8 Å². The second-order valence-corrected chi connectivity index (χ2v) is 7.68. The molecule has 1 aromatic carbocycles. The van der Waals surface area contributed by atoms with Crippen molar-refractivity contribution in [1.29, 1.82) is 0 Å². The second kappa shape index (κ2) is 13.2. The Bertz CT molecular complexity index is 1060. The van der Waals surface area contributed by atoms with Gasteiger partial charge in [-0.15, -0.1) is 0 Å². The van der Waals surface area contributed by atoms with E-state index in [2.05, 4.69) is 17.0 Å². The molecule has 2 aromatic rings. The van der Waals surface area contributed by atoms with Gasteiger partial charge in [0.05, 0.1) is 28.9 Å². The number of hydrazine groups is 1. The molecular formula is C25H29F7N4O. The highest BCUT2D eigenvalue weighted by atomic mass is 19.4. The van der Waals surface area contributed by atoms with Crippen LogP contribution in [-0.4, -0.2) is 15.9 Å². The molecule has 1 aromatic heterocycles. The number of nitrogens with one attached hydrogen (secondary N) is 1. The quantitative estimate of drug-likeness (QED) is 0.210. The van der Waals surface area contributed by atoms with Crippen molar-refractivity contribution in [3.63, 3.8) is 0 Å². The lowest BCUT2D eigenvalue weighted by Gasteiger charge is -2.31. The highest BCUT2D eigenvalue weighted by Gasteiger charge is 2.38. The summed E-state index contributed by atoms with van der Waals surface area (Å²) in [5.41, 5.74) is 4.37. The Kier molecular flexibility index (Phi) is 11.3. The highest BCUT2D eigenvalue weighted by molar-refractivity contribution is 6.18. The van der Waals surface area contributed by atoms with Crippen LogP contribution in [0.3, 0.4) is 0 Å². The predicted octanol–water partition coefficient (Wildman–Crippen LogP) is 6.85. The molecule has 1 unspecified atom stereocenters. The average molecular weight is 535 g/mol. The molecule has 2 rings (SSSR count). The number of carbonyl (C=O) groups is 1. The Labute approximate surface area is 210 Å². The van der Waals surface area contributed by atoms with E-state index in [1.807, 2.05) is 13.8 Å². The van der Waals surface area contributed by atoms with E-state index in [4.69, 9.17) is 5.73 Å². The molecule has 0 aliphatic carbocycles. The van der Waals surface area contributed by atoms with Gasteiger partial charge >= 0.3 is 12.4 Å². The van der Waals surface area contributed by atoms with E-state index in [-0.39, 0.29) is 22.8 Å². The van der Waals surface area contributed by atoms with Crippen LogP contribution < -0.4 is 11.2 Å². The third-order valence-electron chi connectivity index (χ3n) is 5.26. The second-order valence-electron chi connectivity index (χ2n) is 7.68. The number of benzene rings is 1. The topological polar surface area (TPSA) is 71.2 Å². The fourth-order valence-electron chi connectivity index (χ4n) is 3.23. The van der Waals surface area contributed by atoms with Crippen LogP contribution in [0.25, 0.3) is 5.57 Å². The molecule has 5 nitrogen and oxygen atoms in total. The van der Waals surface area contributed by atoms with Crippen molar-refractivity contribution in [3.8, 4) is 0 Å². The van der Waals surface area contributed by atoms with Gasteiger partial charge in [0.1, 0.15) is 5.82 Å². The monoisotopic (exact) mass is 534 g/mol. The number of primary amides is 1. The fraction of sp³-hybridized carbons (Fsp3) is 0.360. The summed E-state index contributed by atoms with van der Waals surface area (Å²) < 4.78 is 94.5. The number of aromatic nitrogens is 1. The van der Waals surface area contributed by atoms with Crippen LogP contribution in [0.5, 0.6) is 0 Å². The van der Waals surface area contributed by atoms with Crippen LogP contribution in [0.4, 0.5) is 30.7 Å². The zero-order valence-corrected chi connectivity index (χ0v) is 20.7. The molecule has 0 aliphatic rings. The van der Waals surface area contributed by atoms with Crippen molar-refractivity contribution in [2.45, 2.75) is 52.5 Å². The standard InChI is InChI=1S/C23H23F7N4O.C2H6/c1-4-13(3)20(14-8-15(22(25,26)27)10-16(9-14)23(28,29)30)33-34(5-2)12-18(21(31)35)17-6-7-32-11-19(17)24;1-2/h5-13,20,33H,2,4H2,1,3H3,(H2,31,35);1-2H3/b18-12+;/t13-,20?;/m1./s1. The van der Waals surface area contributed by atoms with Crippen LogP contribution in [0, 0.1) is 11.7 Å². The molecule has 12 heteroatoms. The van der Waals surface area contributed by atoms with Crippen molar-refractivity contribution in [2.24, 2.45) is 11.7 Å². The third kappa shape index (κ3) is 8.59. The first-order valence-electron chi connectivity index (χ1n) is 11.3. The molecule has 0 spiro atoms. The number of hydrogen-bond donors (Lipinski definition) is 2. The number of amides is 1. The Morgan fingerprint density at radius 1 is 1.14 bits per heavy atom. The summed E-state index contributed by atoms with van der Waals surface area (Å²) in [7, 11) is 0. The first-order valence-corrected chi connectivity index (χ1v) is 11.3. The zero-order chi connectivity index (χ0) is 28.6. The lowest BCUT2D eigenvalue weighted by molar-refractivity contribution is -0.143. The van der Waals surface area contributed by atoms with Gasteiger partial charge in [-0.1, -0.05) is 40.7 Å². The number of pyridine rings is 1. The molecule has 0 aliphatic heterocycles. The summed E-state index contributed by atoms with van der Waals surface area (Å²) in [5.74, 6) is -2.39. The Morgan fingerprint density at radius 2 is 1.68 bits per heavy atom. The summed E-state index contributed by atoms with van der Waals surface area (Å²) in [4.78, 5) is 15.6. The lowest BCUT2D eigenvalue weighted by Crippen LogP contribution is -2.37. The van der Waals surface area contributed by atoms with Gasteiger partial charge in [0.2, 0.25) is 0 Å². The predicted molar refractivity (Wildman–Crippen MR) is 127 cm³/mol. The van der Waals surface area contributed by atoms with Crippen LogP contribution in [0.2, 0.25) is 0 Å². The Balaban J connectivity index is 0.00000334. The summed E-state index contributed by atoms with van der Waals surface area (Å²) >= 11 is 0. The van der Waals surface area contributed by atoms with E-state index < -0.39 is 47.2 Å². The molecule has 0 bridgehead atoms. The van der Waals surface area contributed by atoms with E-state index in [0.29, 0.717) is 18.6 Å². The van der Waals surface area contributed by atoms with Crippen molar-refractivity contribution < 1.29 is 35.5 Å². The SMILES string of the molecule is C=CN(/C=C(/C(N)=O)c1ccncc1F)NC(c1cc(C(F)(F)F)cc(C(F)(F)F)c1)[C@H](C)CC.CC. The maximum Gasteiger partial charge on any atom is 0.416 e. The minimum absolute atomic E-state index is 0.0414. The van der Waals surface area contributed by atoms with Crippen molar-refractivity contribution in [1.82, 2.24) is 15.4 Å². The molecule has 2 atom stereocenters. The molecule has 37 heavy (non-hydrogen) atoms. The number of nitrogens with two attached hydrogens (primary N) is 1. The molecule has 3 N–H and O–H groups in total. The number of nitrogens with zero attached hydrogens (tertiary/aromatic N) is 2. The van der Waals surface area contributed by atoms with E-state index in [0.717, 1.165) is 23.6 Å². The third-order valence-corrected chi connectivity index (χ3v) is 5.26. The van der Waals surface area contributed by atoms with Crippen molar-refractivity contribution in [2.75, 3.05) is 0 Å². The summed E-state index contributed by atoms with van der Waals surface area (Å²) in [6.45, 7) is 10.9. The minimum Gasteiger partial charge on any atom is -0.366 e. The summed E-state index contributed by atoms with van der Waals surface area (Å²) in [6.07, 6.45) is -5.47. The van der Waals surface area contributed by atoms with Gasteiger partial charge in [-0.25, -0.2) is 9.82 Å². The van der Waals surface area contributed by atoms with Gasteiger partial charge < -0.3 is 5.73 Å². The molecule has 0 radical (unpaired) electrons. The number of hydrogen-bond acceptors (Lipinski definition) is 4. The Morgan fingerprint density at radius 3 is 2.08 bits per heavy atom. The molecule has 1 amide bonds. The van der Waals surface area contributed by atoms with Crippen molar-refractivity contribution >= 4 is 11.5 Å². The molecule has 0 saturated heterocycles. The van der Waals surface area contributed by atoms with Gasteiger partial charge in [-0.05, 0) is 35.7 Å². The average Bonchev–Trinajstić information content (AvgIpc) is 2.84. The van der Waals surface area contributed by atoms with Crippen LogP contribution >= 0.6 is 0 Å². The molecule has 0 fully saturated rings. The van der Waals surface area contributed by atoms with Gasteiger partial charge in [0.15, 0.2) is 0 Å². The fourth-order valence-corrected chi connectivity index (χ4v) is 3.23. The van der Waals surface area contributed by atoms with E-state index in [1.54, 1.807) is 13.8 Å². The number of rotatable bonds is 9. The number of alkyl halides is 6. The smallest absolute Gasteiger partial charge is 0.366 e. The highest BCUT2D eigenvalue weighted by Crippen LogP contribution is 2.39. The maximum atomic E-state index is 14.2. The van der Waals surface area contributed by atoms with Gasteiger partial charge in [0, 0.05) is 24.2 Å². The first-order chi connectivity index (χ1) is 17.2. The van der Waals surface area contributed by atoms with E-state index >= 15 is 0 Å². The van der Waals surface area contributed by atoms with E-state index in [1.165, 1.54) is 12.3 Å². The van der Waals surface area contributed by atoms with E-state index in [9.17, 15) is 35.5 Å². The van der Waals surface area contributed by atoms with Crippen molar-refractivity contribution in [3.05, 3.63) is 83.7 Å². The van der Waals surface area contributed by atoms with Gasteiger partial charge in [0.25, 0.3) is 5.91 Å². The normalized spacial score (nSPS) is 13.8. The summed E-state index contributed by atoms with van der Waals surface area (Å²) in [5, 5.41) is 1.03. The molecule has 1 heterocycles. The molecule has 204 valence electrons. The molecule has 0 saturated carbocycles. The van der Waals surface area contributed by atoms with Gasteiger partial charge in [-0.2, -0.15) is 26.3 Å². The summed E-state index contributed by atoms with van der Waals surface area (Å²) in [6, 6.07) is 1.39. The number of halogens is 7. The lowest BCUT2D eigenvalue weighted by atomic mass is 9.90. The minimum atomic E-state index is -5.02. The largest absolute Gasteiger partial charge is 0.416 e.